The molecule has 0 aliphatic heterocycles. The van der Waals surface area contributed by atoms with Crippen LogP contribution in [0.4, 0.5) is 0 Å². The van der Waals surface area contributed by atoms with E-state index < -0.39 is 0 Å². The number of primary amides is 1. The minimum atomic E-state index is -0.343. The maximum Gasteiger partial charge on any atom is 0.226 e. The molecule has 0 aliphatic carbocycles. The SMILES string of the molecule is CC(C)Cn1c(CCC(N)=O)nnc1SCc1coc(-c2cccc(Cl)c2)n1. The van der Waals surface area contributed by atoms with Crippen LogP contribution in [0.3, 0.4) is 0 Å². The topological polar surface area (TPSA) is 99.8 Å². The Balaban J connectivity index is 1.71. The third kappa shape index (κ3) is 5.36. The van der Waals surface area contributed by atoms with Crippen LogP contribution < -0.4 is 5.73 Å². The highest BCUT2D eigenvalue weighted by Gasteiger charge is 2.16. The number of thioether (sulfide) groups is 1. The Bertz CT molecular complexity index is 953. The molecule has 0 unspecified atom stereocenters. The summed E-state index contributed by atoms with van der Waals surface area (Å²) in [5, 5.41) is 9.96. The molecule has 2 heterocycles. The number of nitrogens with zero attached hydrogens (tertiary/aromatic N) is 4. The number of halogens is 1. The van der Waals surface area contributed by atoms with Crippen LogP contribution in [0.2, 0.25) is 5.02 Å². The van der Waals surface area contributed by atoms with E-state index in [1.165, 1.54) is 11.8 Å². The van der Waals surface area contributed by atoms with Crippen LogP contribution in [-0.4, -0.2) is 25.7 Å². The molecule has 1 aromatic carbocycles. The maximum absolute atomic E-state index is 11.1. The molecule has 3 aromatic rings. The highest BCUT2D eigenvalue weighted by atomic mass is 35.5. The minimum Gasteiger partial charge on any atom is -0.444 e. The van der Waals surface area contributed by atoms with Crippen molar-refractivity contribution in [3.05, 3.63) is 47.1 Å². The first kappa shape index (κ1) is 20.4. The van der Waals surface area contributed by atoms with E-state index in [1.807, 2.05) is 24.3 Å². The van der Waals surface area contributed by atoms with Crippen LogP contribution in [0.15, 0.2) is 40.1 Å². The minimum absolute atomic E-state index is 0.257. The van der Waals surface area contributed by atoms with Gasteiger partial charge in [-0.15, -0.1) is 10.2 Å². The van der Waals surface area contributed by atoms with Gasteiger partial charge in [0.05, 0.1) is 5.69 Å². The number of aryl methyl sites for hydroxylation is 1. The van der Waals surface area contributed by atoms with Gasteiger partial charge in [-0.25, -0.2) is 4.98 Å². The van der Waals surface area contributed by atoms with E-state index in [2.05, 4.69) is 33.6 Å². The van der Waals surface area contributed by atoms with Gasteiger partial charge < -0.3 is 14.7 Å². The van der Waals surface area contributed by atoms with Crippen molar-refractivity contribution >= 4 is 29.3 Å². The lowest BCUT2D eigenvalue weighted by atomic mass is 10.2. The summed E-state index contributed by atoms with van der Waals surface area (Å²) in [7, 11) is 0. The lowest BCUT2D eigenvalue weighted by molar-refractivity contribution is -0.118. The number of oxazole rings is 1. The van der Waals surface area contributed by atoms with Gasteiger partial charge in [-0.05, 0) is 24.1 Å². The molecule has 28 heavy (non-hydrogen) atoms. The molecule has 0 fully saturated rings. The summed E-state index contributed by atoms with van der Waals surface area (Å²) in [6, 6.07) is 7.38. The summed E-state index contributed by atoms with van der Waals surface area (Å²) in [6.45, 7) is 5.03. The van der Waals surface area contributed by atoms with Crippen molar-refractivity contribution in [3.63, 3.8) is 0 Å². The number of carbonyl (C=O) groups excluding carboxylic acids is 1. The largest absolute Gasteiger partial charge is 0.444 e. The van der Waals surface area contributed by atoms with Gasteiger partial charge in [0.15, 0.2) is 5.16 Å². The number of aromatic nitrogens is 4. The fraction of sp³-hybridized carbons (Fsp3) is 0.368. The van der Waals surface area contributed by atoms with E-state index in [-0.39, 0.29) is 12.3 Å². The summed E-state index contributed by atoms with van der Waals surface area (Å²) in [4.78, 5) is 15.6. The van der Waals surface area contributed by atoms with Crippen LogP contribution in [0.5, 0.6) is 0 Å². The number of hydrogen-bond acceptors (Lipinski definition) is 6. The quantitative estimate of drug-likeness (QED) is 0.527. The molecular formula is C19H22ClN5O2S. The molecular weight excluding hydrogens is 398 g/mol. The average molecular weight is 420 g/mol. The van der Waals surface area contributed by atoms with Crippen molar-refractivity contribution < 1.29 is 9.21 Å². The van der Waals surface area contributed by atoms with Crippen molar-refractivity contribution in [2.24, 2.45) is 11.7 Å². The average Bonchev–Trinajstić information content (AvgIpc) is 3.25. The Morgan fingerprint density at radius 2 is 2.18 bits per heavy atom. The molecule has 0 saturated carbocycles. The second kappa shape index (κ2) is 9.25. The van der Waals surface area contributed by atoms with E-state index in [0.29, 0.717) is 29.0 Å². The summed E-state index contributed by atoms with van der Waals surface area (Å²) in [6.07, 6.45) is 2.38. The van der Waals surface area contributed by atoms with Crippen LogP contribution in [0, 0.1) is 5.92 Å². The highest BCUT2D eigenvalue weighted by Crippen LogP contribution is 2.26. The van der Waals surface area contributed by atoms with Gasteiger partial charge in [0, 0.05) is 35.7 Å². The number of rotatable bonds is 9. The Morgan fingerprint density at radius 3 is 2.89 bits per heavy atom. The third-order valence-electron chi connectivity index (χ3n) is 3.91. The zero-order valence-electron chi connectivity index (χ0n) is 15.8. The second-order valence-corrected chi connectivity index (χ2v) is 8.19. The summed E-state index contributed by atoms with van der Waals surface area (Å²) >= 11 is 7.56. The lowest BCUT2D eigenvalue weighted by Crippen LogP contribution is -2.15. The van der Waals surface area contributed by atoms with Crippen molar-refractivity contribution in [1.82, 2.24) is 19.7 Å². The second-order valence-electron chi connectivity index (χ2n) is 6.81. The molecule has 0 aliphatic rings. The number of benzene rings is 1. The van der Waals surface area contributed by atoms with Crippen molar-refractivity contribution in [3.8, 4) is 11.5 Å². The predicted octanol–water partition coefficient (Wildman–Crippen LogP) is 3.95. The molecule has 2 aromatic heterocycles. The van der Waals surface area contributed by atoms with E-state index >= 15 is 0 Å². The lowest BCUT2D eigenvalue weighted by Gasteiger charge is -2.11. The van der Waals surface area contributed by atoms with Crippen LogP contribution >= 0.6 is 23.4 Å². The molecule has 3 rings (SSSR count). The monoisotopic (exact) mass is 419 g/mol. The Kier molecular flexibility index (Phi) is 6.74. The smallest absolute Gasteiger partial charge is 0.226 e. The standard InChI is InChI=1S/C19H22ClN5O2S/c1-12(2)9-25-17(7-6-16(21)26)23-24-19(25)28-11-15-10-27-18(22-15)13-4-3-5-14(20)8-13/h3-5,8,10,12H,6-7,9,11H2,1-2H3,(H2,21,26). The predicted molar refractivity (Wildman–Crippen MR) is 109 cm³/mol. The molecule has 7 nitrogen and oxygen atoms in total. The van der Waals surface area contributed by atoms with Crippen LogP contribution in [0.1, 0.15) is 31.8 Å². The zero-order valence-corrected chi connectivity index (χ0v) is 17.3. The van der Waals surface area contributed by atoms with E-state index in [9.17, 15) is 4.79 Å². The Hall–Kier alpha value is -2.32. The number of hydrogen-bond donors (Lipinski definition) is 1. The van der Waals surface area contributed by atoms with Crippen molar-refractivity contribution in [2.45, 2.75) is 44.1 Å². The third-order valence-corrected chi connectivity index (χ3v) is 5.14. The van der Waals surface area contributed by atoms with E-state index in [4.69, 9.17) is 21.8 Å². The first-order chi connectivity index (χ1) is 13.4. The molecule has 2 N–H and O–H groups in total. The number of carbonyl (C=O) groups is 1. The van der Waals surface area contributed by atoms with Gasteiger partial charge in [0.2, 0.25) is 11.8 Å². The molecule has 1 amide bonds. The van der Waals surface area contributed by atoms with Crippen LogP contribution in [-0.2, 0) is 23.5 Å². The molecule has 148 valence electrons. The van der Waals surface area contributed by atoms with Gasteiger partial charge in [-0.3, -0.25) is 4.79 Å². The Labute approximate surface area is 172 Å². The van der Waals surface area contributed by atoms with E-state index in [1.54, 1.807) is 6.26 Å². The fourth-order valence-electron chi connectivity index (χ4n) is 2.66. The molecule has 9 heteroatoms. The normalized spacial score (nSPS) is 11.3. The summed E-state index contributed by atoms with van der Waals surface area (Å²) in [5.41, 5.74) is 6.90. The Morgan fingerprint density at radius 1 is 1.36 bits per heavy atom. The highest BCUT2D eigenvalue weighted by molar-refractivity contribution is 7.98. The van der Waals surface area contributed by atoms with Gasteiger partial charge in [-0.2, -0.15) is 0 Å². The maximum atomic E-state index is 11.1. The molecule has 0 saturated heterocycles. The van der Waals surface area contributed by atoms with Crippen molar-refractivity contribution in [2.75, 3.05) is 0 Å². The van der Waals surface area contributed by atoms with Gasteiger partial charge >= 0.3 is 0 Å². The van der Waals surface area contributed by atoms with Gasteiger partial charge in [0.1, 0.15) is 12.1 Å². The van der Waals surface area contributed by atoms with Gasteiger partial charge in [-0.1, -0.05) is 43.3 Å². The first-order valence-corrected chi connectivity index (χ1v) is 10.3. The molecule has 0 atom stereocenters. The molecule has 0 bridgehead atoms. The summed E-state index contributed by atoms with van der Waals surface area (Å²) in [5.74, 6) is 1.98. The number of amides is 1. The molecule has 0 radical (unpaired) electrons. The molecule has 0 spiro atoms. The number of nitrogens with two attached hydrogens (primary N) is 1. The zero-order chi connectivity index (χ0) is 20.1. The van der Waals surface area contributed by atoms with Gasteiger partial charge in [0.25, 0.3) is 0 Å². The van der Waals surface area contributed by atoms with E-state index in [0.717, 1.165) is 28.8 Å². The van der Waals surface area contributed by atoms with Crippen molar-refractivity contribution in [1.29, 1.82) is 0 Å². The fourth-order valence-corrected chi connectivity index (χ4v) is 3.69. The first-order valence-electron chi connectivity index (χ1n) is 8.96. The summed E-state index contributed by atoms with van der Waals surface area (Å²) < 4.78 is 7.63. The van der Waals surface area contributed by atoms with Crippen LogP contribution in [0.25, 0.3) is 11.5 Å².